The summed E-state index contributed by atoms with van der Waals surface area (Å²) < 4.78 is 18.9. The quantitative estimate of drug-likeness (QED) is 0.860. The van der Waals surface area contributed by atoms with Crippen LogP contribution in [0.2, 0.25) is 0 Å². The summed E-state index contributed by atoms with van der Waals surface area (Å²) in [4.78, 5) is 16.2. The van der Waals surface area contributed by atoms with Crippen LogP contribution < -0.4 is 10.1 Å². The fourth-order valence-corrected chi connectivity index (χ4v) is 2.35. The first kappa shape index (κ1) is 16.0. The zero-order valence-electron chi connectivity index (χ0n) is 13.1. The van der Waals surface area contributed by atoms with Gasteiger partial charge in [0.15, 0.2) is 0 Å². The van der Waals surface area contributed by atoms with Crippen molar-refractivity contribution in [3.8, 4) is 18.1 Å². The fraction of sp³-hybridized carbons (Fsp3) is 0.263. The second-order valence-corrected chi connectivity index (χ2v) is 5.75. The van der Waals surface area contributed by atoms with E-state index < -0.39 is 5.82 Å². The first-order chi connectivity index (χ1) is 11.6. The minimum absolute atomic E-state index is 0.108. The Morgan fingerprint density at radius 2 is 2.21 bits per heavy atom. The van der Waals surface area contributed by atoms with Gasteiger partial charge in [-0.2, -0.15) is 0 Å². The number of terminal acetylenes is 1. The van der Waals surface area contributed by atoms with Crippen LogP contribution in [-0.4, -0.2) is 16.9 Å². The summed E-state index contributed by atoms with van der Waals surface area (Å²) in [7, 11) is 0. The van der Waals surface area contributed by atoms with Gasteiger partial charge in [-0.15, -0.1) is 6.42 Å². The number of rotatable bonds is 5. The van der Waals surface area contributed by atoms with Gasteiger partial charge in [0, 0.05) is 23.9 Å². The van der Waals surface area contributed by atoms with Gasteiger partial charge in [0.25, 0.3) is 5.91 Å². The van der Waals surface area contributed by atoms with E-state index in [0.29, 0.717) is 28.6 Å². The van der Waals surface area contributed by atoms with Crippen molar-refractivity contribution in [3.05, 3.63) is 59.2 Å². The standard InChI is InChI=1S/C19H17FN2O2/c1-2-13-8-15(20)10-18(9-13)24-12-17-7-6-14(11-21-17)19(23)22-16-4-3-5-16/h1,6-11,16H,3-5,12H2,(H,22,23). The van der Waals surface area contributed by atoms with Gasteiger partial charge in [-0.3, -0.25) is 9.78 Å². The second-order valence-electron chi connectivity index (χ2n) is 5.75. The van der Waals surface area contributed by atoms with Gasteiger partial charge in [0.1, 0.15) is 18.2 Å². The average Bonchev–Trinajstić information content (AvgIpc) is 2.56. The molecule has 1 aromatic carbocycles. The summed E-state index contributed by atoms with van der Waals surface area (Å²) in [5.41, 5.74) is 1.58. The predicted molar refractivity (Wildman–Crippen MR) is 88.0 cm³/mol. The maximum absolute atomic E-state index is 13.4. The maximum atomic E-state index is 13.4. The minimum atomic E-state index is -0.448. The molecule has 0 atom stereocenters. The van der Waals surface area contributed by atoms with Crippen molar-refractivity contribution in [1.29, 1.82) is 0 Å². The molecule has 1 aliphatic carbocycles. The number of hydrogen-bond acceptors (Lipinski definition) is 3. The topological polar surface area (TPSA) is 51.2 Å². The number of benzene rings is 1. The van der Waals surface area contributed by atoms with Gasteiger partial charge >= 0.3 is 0 Å². The molecule has 0 saturated heterocycles. The molecule has 3 rings (SSSR count). The van der Waals surface area contributed by atoms with Crippen LogP contribution in [0, 0.1) is 18.2 Å². The van der Waals surface area contributed by atoms with Gasteiger partial charge in [0.2, 0.25) is 0 Å². The van der Waals surface area contributed by atoms with Crippen LogP contribution in [-0.2, 0) is 6.61 Å². The van der Waals surface area contributed by atoms with Crippen molar-refractivity contribution in [1.82, 2.24) is 10.3 Å². The summed E-state index contributed by atoms with van der Waals surface area (Å²) in [6.07, 6.45) is 10.0. The van der Waals surface area contributed by atoms with E-state index in [9.17, 15) is 9.18 Å². The lowest BCUT2D eigenvalue weighted by molar-refractivity contribution is 0.0916. The molecule has 1 saturated carbocycles. The summed E-state index contributed by atoms with van der Waals surface area (Å²) in [6, 6.07) is 7.83. The average molecular weight is 324 g/mol. The summed E-state index contributed by atoms with van der Waals surface area (Å²) in [5, 5.41) is 2.96. The third-order valence-corrected chi connectivity index (χ3v) is 3.95. The van der Waals surface area contributed by atoms with E-state index >= 15 is 0 Å². The highest BCUT2D eigenvalue weighted by Crippen LogP contribution is 2.19. The molecule has 1 N–H and O–H groups in total. The summed E-state index contributed by atoms with van der Waals surface area (Å²) in [6.45, 7) is 0.165. The summed E-state index contributed by atoms with van der Waals surface area (Å²) >= 11 is 0. The van der Waals surface area contributed by atoms with Crippen molar-refractivity contribution in [2.45, 2.75) is 31.9 Å². The smallest absolute Gasteiger partial charge is 0.253 e. The number of pyridine rings is 1. The first-order valence-corrected chi connectivity index (χ1v) is 7.80. The third kappa shape index (κ3) is 3.90. The lowest BCUT2D eigenvalue weighted by Gasteiger charge is -2.26. The van der Waals surface area contributed by atoms with Crippen molar-refractivity contribution in [3.63, 3.8) is 0 Å². The Morgan fingerprint density at radius 1 is 1.38 bits per heavy atom. The van der Waals surface area contributed by atoms with E-state index in [4.69, 9.17) is 11.2 Å². The highest BCUT2D eigenvalue weighted by Gasteiger charge is 2.20. The van der Waals surface area contributed by atoms with E-state index in [0.717, 1.165) is 12.8 Å². The lowest BCUT2D eigenvalue weighted by atomic mass is 9.93. The molecule has 0 radical (unpaired) electrons. The Labute approximate surface area is 140 Å². The van der Waals surface area contributed by atoms with Gasteiger partial charge in [-0.25, -0.2) is 4.39 Å². The normalized spacial score (nSPS) is 13.7. The molecule has 1 fully saturated rings. The molecule has 2 aromatic rings. The Kier molecular flexibility index (Phi) is 4.76. The van der Waals surface area contributed by atoms with Crippen LogP contribution in [0.15, 0.2) is 36.5 Å². The molecule has 24 heavy (non-hydrogen) atoms. The number of ether oxygens (including phenoxy) is 1. The zero-order valence-corrected chi connectivity index (χ0v) is 13.1. The molecule has 4 nitrogen and oxygen atoms in total. The van der Waals surface area contributed by atoms with Crippen LogP contribution in [0.4, 0.5) is 4.39 Å². The maximum Gasteiger partial charge on any atom is 0.253 e. The van der Waals surface area contributed by atoms with Crippen LogP contribution in [0.5, 0.6) is 5.75 Å². The molecule has 0 unspecified atom stereocenters. The fourth-order valence-electron chi connectivity index (χ4n) is 2.35. The van der Waals surface area contributed by atoms with Crippen molar-refractivity contribution in [2.75, 3.05) is 0 Å². The minimum Gasteiger partial charge on any atom is -0.487 e. The molecule has 0 aliphatic heterocycles. The van der Waals surface area contributed by atoms with Crippen LogP contribution in [0.25, 0.3) is 0 Å². The number of nitrogens with one attached hydrogen (secondary N) is 1. The number of nitrogens with zero attached hydrogens (tertiary/aromatic N) is 1. The molecule has 0 bridgehead atoms. The zero-order chi connectivity index (χ0) is 16.9. The van der Waals surface area contributed by atoms with Crippen molar-refractivity contribution in [2.24, 2.45) is 0 Å². The van der Waals surface area contributed by atoms with E-state index in [-0.39, 0.29) is 12.5 Å². The molecule has 1 heterocycles. The van der Waals surface area contributed by atoms with Gasteiger partial charge < -0.3 is 10.1 Å². The number of carbonyl (C=O) groups excluding carboxylic acids is 1. The Hall–Kier alpha value is -2.87. The molecule has 1 aliphatic rings. The third-order valence-electron chi connectivity index (χ3n) is 3.95. The van der Waals surface area contributed by atoms with Gasteiger partial charge in [0.05, 0.1) is 11.3 Å². The van der Waals surface area contributed by atoms with E-state index in [1.54, 1.807) is 18.2 Å². The SMILES string of the molecule is C#Cc1cc(F)cc(OCc2ccc(C(=O)NC3CCC3)cn2)c1. The Balaban J connectivity index is 1.59. The van der Waals surface area contributed by atoms with Crippen molar-refractivity contribution < 1.29 is 13.9 Å². The van der Waals surface area contributed by atoms with Gasteiger partial charge in [-0.05, 0) is 43.5 Å². The second kappa shape index (κ2) is 7.14. The molecular weight excluding hydrogens is 307 g/mol. The van der Waals surface area contributed by atoms with E-state index in [1.165, 1.54) is 24.8 Å². The number of halogens is 1. The summed E-state index contributed by atoms with van der Waals surface area (Å²) in [5.74, 6) is 2.16. The van der Waals surface area contributed by atoms with E-state index in [1.807, 2.05) is 0 Å². The molecule has 0 spiro atoms. The predicted octanol–water partition coefficient (Wildman–Crippen LogP) is 3.06. The monoisotopic (exact) mass is 324 g/mol. The highest BCUT2D eigenvalue weighted by atomic mass is 19.1. The Bertz CT molecular complexity index is 777. The molecule has 122 valence electrons. The molecule has 1 aromatic heterocycles. The number of carbonyl (C=O) groups is 1. The number of hydrogen-bond donors (Lipinski definition) is 1. The van der Waals surface area contributed by atoms with Gasteiger partial charge in [-0.1, -0.05) is 5.92 Å². The van der Waals surface area contributed by atoms with Crippen LogP contribution >= 0.6 is 0 Å². The van der Waals surface area contributed by atoms with Crippen LogP contribution in [0.3, 0.4) is 0 Å². The molecule has 5 heteroatoms. The van der Waals surface area contributed by atoms with E-state index in [2.05, 4.69) is 16.2 Å². The highest BCUT2D eigenvalue weighted by molar-refractivity contribution is 5.94. The van der Waals surface area contributed by atoms with Crippen LogP contribution in [0.1, 0.15) is 40.9 Å². The first-order valence-electron chi connectivity index (χ1n) is 7.80. The largest absolute Gasteiger partial charge is 0.487 e. The van der Waals surface area contributed by atoms with Crippen molar-refractivity contribution >= 4 is 5.91 Å². The Morgan fingerprint density at radius 3 is 2.83 bits per heavy atom. The lowest BCUT2D eigenvalue weighted by Crippen LogP contribution is -2.39. The number of aromatic nitrogens is 1. The number of amides is 1. The molecular formula is C19H17FN2O2. The molecule has 1 amide bonds.